The van der Waals surface area contributed by atoms with Gasteiger partial charge in [-0.05, 0) is 24.3 Å². The summed E-state index contributed by atoms with van der Waals surface area (Å²) in [5.41, 5.74) is 1.29. The van der Waals surface area contributed by atoms with E-state index < -0.39 is 5.82 Å². The molecular formula is C13H10FN3O2. The molecule has 2 aromatic heterocycles. The van der Waals surface area contributed by atoms with E-state index in [4.69, 9.17) is 4.74 Å². The molecule has 0 aliphatic rings. The normalized spacial score (nSPS) is 10.8. The van der Waals surface area contributed by atoms with Crippen LogP contribution in [0.3, 0.4) is 0 Å². The second kappa shape index (κ2) is 4.24. The van der Waals surface area contributed by atoms with Crippen molar-refractivity contribution in [1.29, 1.82) is 0 Å². The van der Waals surface area contributed by atoms with Crippen LogP contribution in [-0.4, -0.2) is 21.6 Å². The van der Waals surface area contributed by atoms with Crippen molar-refractivity contribution < 1.29 is 9.13 Å². The molecule has 1 N–H and O–H groups in total. The molecule has 0 spiro atoms. The molecule has 3 aromatic rings. The molecule has 3 rings (SSSR count). The summed E-state index contributed by atoms with van der Waals surface area (Å²) in [6.07, 6.45) is 1.59. The SMILES string of the molecule is COc1cc(-n2c(=O)[nH]c3ncccc32)ccc1F. The number of hydrogen-bond acceptors (Lipinski definition) is 3. The summed E-state index contributed by atoms with van der Waals surface area (Å²) in [4.78, 5) is 18.7. The number of hydrogen-bond donors (Lipinski definition) is 1. The number of methoxy groups -OCH3 is 1. The smallest absolute Gasteiger partial charge is 0.332 e. The highest BCUT2D eigenvalue weighted by Crippen LogP contribution is 2.22. The van der Waals surface area contributed by atoms with Crippen molar-refractivity contribution in [2.45, 2.75) is 0 Å². The summed E-state index contributed by atoms with van der Waals surface area (Å²) in [6, 6.07) is 7.73. The number of fused-ring (bicyclic) bond motifs is 1. The summed E-state index contributed by atoms with van der Waals surface area (Å²) in [6.45, 7) is 0. The molecule has 0 saturated carbocycles. The number of halogens is 1. The number of ether oxygens (including phenoxy) is 1. The van der Waals surface area contributed by atoms with E-state index in [1.807, 2.05) is 0 Å². The highest BCUT2D eigenvalue weighted by atomic mass is 19.1. The van der Waals surface area contributed by atoms with Gasteiger partial charge in [0.1, 0.15) is 0 Å². The summed E-state index contributed by atoms with van der Waals surface area (Å²) in [7, 11) is 1.38. The van der Waals surface area contributed by atoms with Crippen LogP contribution in [0.2, 0.25) is 0 Å². The Hall–Kier alpha value is -2.63. The Morgan fingerprint density at radius 1 is 1.37 bits per heavy atom. The van der Waals surface area contributed by atoms with Crippen molar-refractivity contribution >= 4 is 11.2 Å². The van der Waals surface area contributed by atoms with Crippen LogP contribution in [0.25, 0.3) is 16.9 Å². The average molecular weight is 259 g/mol. The molecule has 0 aliphatic carbocycles. The van der Waals surface area contributed by atoms with Crippen LogP contribution < -0.4 is 10.4 Å². The molecule has 96 valence electrons. The van der Waals surface area contributed by atoms with Gasteiger partial charge < -0.3 is 4.74 Å². The predicted octanol–water partition coefficient (Wildman–Crippen LogP) is 1.86. The Labute approximate surface area is 107 Å². The van der Waals surface area contributed by atoms with Crippen molar-refractivity contribution in [1.82, 2.24) is 14.5 Å². The molecule has 2 heterocycles. The van der Waals surface area contributed by atoms with Gasteiger partial charge in [-0.25, -0.2) is 14.2 Å². The molecule has 0 fully saturated rings. The van der Waals surface area contributed by atoms with Crippen LogP contribution in [-0.2, 0) is 0 Å². The molecule has 19 heavy (non-hydrogen) atoms. The van der Waals surface area contributed by atoms with Crippen molar-refractivity contribution in [3.63, 3.8) is 0 Å². The molecule has 1 aromatic carbocycles. The summed E-state index contributed by atoms with van der Waals surface area (Å²) in [5, 5.41) is 0. The lowest BCUT2D eigenvalue weighted by Gasteiger charge is -2.06. The van der Waals surface area contributed by atoms with Gasteiger partial charge in [0, 0.05) is 12.3 Å². The van der Waals surface area contributed by atoms with Crippen LogP contribution >= 0.6 is 0 Å². The molecule has 0 radical (unpaired) electrons. The fourth-order valence-electron chi connectivity index (χ4n) is 1.98. The third-order valence-corrected chi connectivity index (χ3v) is 2.85. The van der Waals surface area contributed by atoms with Crippen molar-refractivity contribution in [3.05, 3.63) is 52.8 Å². The zero-order chi connectivity index (χ0) is 13.4. The van der Waals surface area contributed by atoms with E-state index >= 15 is 0 Å². The largest absolute Gasteiger partial charge is 0.494 e. The van der Waals surface area contributed by atoms with Gasteiger partial charge in [0.15, 0.2) is 17.2 Å². The minimum atomic E-state index is -0.475. The van der Waals surface area contributed by atoms with E-state index in [2.05, 4.69) is 9.97 Å². The average Bonchev–Trinajstić information content (AvgIpc) is 2.75. The van der Waals surface area contributed by atoms with Crippen LogP contribution in [0.4, 0.5) is 4.39 Å². The van der Waals surface area contributed by atoms with Gasteiger partial charge in [-0.15, -0.1) is 0 Å². The molecule has 6 heteroatoms. The Morgan fingerprint density at radius 2 is 2.21 bits per heavy atom. The summed E-state index contributed by atoms with van der Waals surface area (Å²) >= 11 is 0. The van der Waals surface area contributed by atoms with E-state index in [0.29, 0.717) is 16.9 Å². The standard InChI is InChI=1S/C13H10FN3O2/c1-19-11-7-8(4-5-9(11)14)17-10-3-2-6-15-12(10)16-13(17)18/h2-7H,1H3,(H,15,16,18). The first-order chi connectivity index (χ1) is 9.20. The number of nitrogens with zero attached hydrogens (tertiary/aromatic N) is 2. The Morgan fingerprint density at radius 3 is 3.00 bits per heavy atom. The topological polar surface area (TPSA) is 59.9 Å². The predicted molar refractivity (Wildman–Crippen MR) is 68.2 cm³/mol. The zero-order valence-corrected chi connectivity index (χ0v) is 10.1. The molecule has 0 amide bonds. The zero-order valence-electron chi connectivity index (χ0n) is 10.1. The highest BCUT2D eigenvalue weighted by Gasteiger charge is 2.11. The lowest BCUT2D eigenvalue weighted by Crippen LogP contribution is -2.14. The number of pyridine rings is 1. The van der Waals surface area contributed by atoms with Gasteiger partial charge in [0.05, 0.1) is 18.3 Å². The quantitative estimate of drug-likeness (QED) is 0.764. The van der Waals surface area contributed by atoms with Gasteiger partial charge in [0.25, 0.3) is 0 Å². The Bertz CT molecular complexity index is 807. The summed E-state index contributed by atoms with van der Waals surface area (Å²) in [5.74, 6) is -0.389. The van der Waals surface area contributed by atoms with Crippen LogP contribution in [0, 0.1) is 5.82 Å². The number of benzene rings is 1. The van der Waals surface area contributed by atoms with E-state index in [0.717, 1.165) is 0 Å². The number of aromatic amines is 1. The first kappa shape index (κ1) is 11.5. The maximum atomic E-state index is 13.4. The lowest BCUT2D eigenvalue weighted by molar-refractivity contribution is 0.386. The molecule has 0 bridgehead atoms. The first-order valence-corrected chi connectivity index (χ1v) is 5.60. The van der Waals surface area contributed by atoms with Gasteiger partial charge in [-0.2, -0.15) is 0 Å². The first-order valence-electron chi connectivity index (χ1n) is 5.60. The van der Waals surface area contributed by atoms with E-state index in [-0.39, 0.29) is 11.4 Å². The molecule has 0 atom stereocenters. The fraction of sp³-hybridized carbons (Fsp3) is 0.0769. The van der Waals surface area contributed by atoms with Crippen molar-refractivity contribution in [2.75, 3.05) is 7.11 Å². The van der Waals surface area contributed by atoms with E-state index in [9.17, 15) is 9.18 Å². The second-order valence-electron chi connectivity index (χ2n) is 3.96. The van der Waals surface area contributed by atoms with Gasteiger partial charge in [-0.3, -0.25) is 9.55 Å². The Balaban J connectivity index is 2.30. The van der Waals surface area contributed by atoms with Crippen LogP contribution in [0.15, 0.2) is 41.3 Å². The molecule has 0 aliphatic heterocycles. The number of rotatable bonds is 2. The number of nitrogens with one attached hydrogen (secondary N) is 1. The fourth-order valence-corrected chi connectivity index (χ4v) is 1.98. The van der Waals surface area contributed by atoms with E-state index in [1.54, 1.807) is 18.3 Å². The van der Waals surface area contributed by atoms with Crippen molar-refractivity contribution in [2.24, 2.45) is 0 Å². The molecule has 0 unspecified atom stereocenters. The Kier molecular flexibility index (Phi) is 2.56. The maximum absolute atomic E-state index is 13.4. The summed E-state index contributed by atoms with van der Waals surface area (Å²) < 4.78 is 19.7. The number of H-pyrrole nitrogens is 1. The van der Waals surface area contributed by atoms with Crippen LogP contribution in [0.1, 0.15) is 0 Å². The molecule has 0 saturated heterocycles. The number of aromatic nitrogens is 3. The second-order valence-corrected chi connectivity index (χ2v) is 3.96. The number of imidazole rings is 1. The molecule has 5 nitrogen and oxygen atoms in total. The minimum Gasteiger partial charge on any atom is -0.494 e. The van der Waals surface area contributed by atoms with Gasteiger partial charge in [-0.1, -0.05) is 0 Å². The molecular weight excluding hydrogens is 249 g/mol. The monoisotopic (exact) mass is 259 g/mol. The van der Waals surface area contributed by atoms with Crippen molar-refractivity contribution in [3.8, 4) is 11.4 Å². The van der Waals surface area contributed by atoms with Gasteiger partial charge >= 0.3 is 5.69 Å². The lowest BCUT2D eigenvalue weighted by atomic mass is 10.2. The van der Waals surface area contributed by atoms with Crippen LogP contribution in [0.5, 0.6) is 5.75 Å². The third kappa shape index (κ3) is 1.77. The highest BCUT2D eigenvalue weighted by molar-refractivity contribution is 5.73. The minimum absolute atomic E-state index is 0.0858. The van der Waals surface area contributed by atoms with E-state index in [1.165, 1.54) is 29.9 Å². The van der Waals surface area contributed by atoms with Gasteiger partial charge in [0.2, 0.25) is 0 Å². The third-order valence-electron chi connectivity index (χ3n) is 2.85. The maximum Gasteiger partial charge on any atom is 0.332 e.